The van der Waals surface area contributed by atoms with Gasteiger partial charge < -0.3 is 4.74 Å². The van der Waals surface area contributed by atoms with Gasteiger partial charge in [0.05, 0.1) is 21.5 Å². The zero-order chi connectivity index (χ0) is 23.6. The first kappa shape index (κ1) is 17.8. The molecular weight excluding hydrogens is 472 g/mol. The third kappa shape index (κ3) is 1.60. The fourth-order valence-electron chi connectivity index (χ4n) is 7.96. The van der Waals surface area contributed by atoms with Gasteiger partial charge in [0.25, 0.3) is 0 Å². The molecule has 1 atom stereocenters. The average molecular weight is 489 g/mol. The molecule has 6 heterocycles. The number of pyridine rings is 2. The molecule has 0 saturated carbocycles. The molecule has 8 aromatic rings. The van der Waals surface area contributed by atoms with Crippen molar-refractivity contribution in [3.8, 4) is 11.5 Å². The number of hydrogen-bond acceptors (Lipinski definition) is 2. The molecule has 4 heteroatoms. The van der Waals surface area contributed by atoms with Gasteiger partial charge >= 0.3 is 5.66 Å². The topological polar surface area (TPSA) is 17.0 Å². The number of fused-ring (bicyclic) bond motifs is 6. The summed E-state index contributed by atoms with van der Waals surface area (Å²) in [7, 11) is 0. The van der Waals surface area contributed by atoms with E-state index in [1.54, 1.807) is 0 Å². The Morgan fingerprint density at radius 1 is 0.541 bits per heavy atom. The normalized spacial score (nSPS) is 18.1. The summed E-state index contributed by atoms with van der Waals surface area (Å²) in [5.74, 6) is 1.92. The summed E-state index contributed by atoms with van der Waals surface area (Å²) in [5, 5.41) is 14.0. The van der Waals surface area contributed by atoms with Crippen molar-refractivity contribution in [2.24, 2.45) is 0 Å². The quantitative estimate of drug-likeness (QED) is 0.162. The highest BCUT2D eigenvalue weighted by Crippen LogP contribution is 2.58. The Bertz CT molecular complexity index is 2450. The number of aromatic nitrogens is 2. The fraction of sp³-hybridized carbons (Fsp3) is 0.0303. The number of thiophene rings is 1. The van der Waals surface area contributed by atoms with Crippen molar-refractivity contribution in [2.75, 3.05) is 0 Å². The van der Waals surface area contributed by atoms with Crippen LogP contribution in [-0.4, -0.2) is 0 Å². The van der Waals surface area contributed by atoms with Gasteiger partial charge in [0.15, 0.2) is 23.5 Å². The molecule has 0 fully saturated rings. The molecule has 0 aliphatic carbocycles. The van der Waals surface area contributed by atoms with Crippen LogP contribution >= 0.6 is 11.3 Å². The molecule has 0 bridgehead atoms. The third-order valence-electron chi connectivity index (χ3n) is 9.12. The van der Waals surface area contributed by atoms with Gasteiger partial charge in [-0.3, -0.25) is 0 Å². The Hall–Kier alpha value is -4.54. The molecule has 5 aromatic carbocycles. The minimum Gasteiger partial charge on any atom is -0.456 e. The maximum absolute atomic E-state index is 6.79. The molecule has 3 aliphatic heterocycles. The summed E-state index contributed by atoms with van der Waals surface area (Å²) in [5.41, 5.74) is 4.61. The van der Waals surface area contributed by atoms with E-state index in [2.05, 4.69) is 106 Å². The van der Waals surface area contributed by atoms with E-state index in [1.807, 2.05) is 11.3 Å². The number of rotatable bonds is 0. The lowest BCUT2D eigenvalue weighted by atomic mass is 9.85. The second kappa shape index (κ2) is 5.41. The molecule has 3 nitrogen and oxygen atoms in total. The third-order valence-corrected chi connectivity index (χ3v) is 10.1. The van der Waals surface area contributed by atoms with Crippen LogP contribution in [0.5, 0.6) is 11.5 Å². The summed E-state index contributed by atoms with van der Waals surface area (Å²) in [6, 6.07) is 29.1. The van der Waals surface area contributed by atoms with Crippen LogP contribution in [0.2, 0.25) is 0 Å². The average Bonchev–Trinajstić information content (AvgIpc) is 3.65. The summed E-state index contributed by atoms with van der Waals surface area (Å²) >= 11 is 1.84. The molecule has 0 radical (unpaired) electrons. The molecule has 0 N–H and O–H groups in total. The van der Waals surface area contributed by atoms with Crippen LogP contribution in [0.25, 0.3) is 64.2 Å². The molecule has 0 saturated heterocycles. The van der Waals surface area contributed by atoms with Gasteiger partial charge in [-0.2, -0.15) is 0 Å². The van der Waals surface area contributed by atoms with Crippen LogP contribution in [0, 0.1) is 0 Å². The van der Waals surface area contributed by atoms with Crippen molar-refractivity contribution in [1.29, 1.82) is 0 Å². The second-order valence-corrected chi connectivity index (χ2v) is 11.4. The van der Waals surface area contributed by atoms with Crippen molar-refractivity contribution in [1.82, 2.24) is 0 Å². The Balaban J connectivity index is 1.52. The molecular formula is C33H16N2OS+2. The van der Waals surface area contributed by atoms with Crippen molar-refractivity contribution in [3.05, 3.63) is 108 Å². The zero-order valence-electron chi connectivity index (χ0n) is 19.4. The Morgan fingerprint density at radius 3 is 1.86 bits per heavy atom. The first-order valence-electron chi connectivity index (χ1n) is 12.7. The molecule has 3 aromatic heterocycles. The largest absolute Gasteiger partial charge is 0.456 e. The monoisotopic (exact) mass is 488 g/mol. The van der Waals surface area contributed by atoms with Gasteiger partial charge in [0.2, 0.25) is 11.0 Å². The van der Waals surface area contributed by atoms with Gasteiger partial charge in [0.1, 0.15) is 11.5 Å². The van der Waals surface area contributed by atoms with Gasteiger partial charge in [-0.05, 0) is 64.0 Å². The van der Waals surface area contributed by atoms with E-state index in [0.29, 0.717) is 0 Å². The molecule has 1 spiro atoms. The minimum atomic E-state index is -0.521. The van der Waals surface area contributed by atoms with Crippen molar-refractivity contribution in [3.63, 3.8) is 0 Å². The number of hydrogen-bond donors (Lipinski definition) is 0. The Kier molecular flexibility index (Phi) is 2.61. The highest BCUT2D eigenvalue weighted by molar-refractivity contribution is 7.18. The first-order valence-corrected chi connectivity index (χ1v) is 13.6. The number of benzene rings is 5. The van der Waals surface area contributed by atoms with E-state index in [4.69, 9.17) is 4.74 Å². The van der Waals surface area contributed by atoms with Crippen LogP contribution in [0.4, 0.5) is 0 Å². The van der Waals surface area contributed by atoms with E-state index in [1.165, 1.54) is 75.3 Å². The summed E-state index contributed by atoms with van der Waals surface area (Å²) in [4.78, 5) is 0. The van der Waals surface area contributed by atoms with Crippen molar-refractivity contribution >= 4 is 75.5 Å². The SMILES string of the molecule is c1ccc2c(c1)c1ccc3c4c1c1c2ccc[n+]1C41c2c(ccc4c5sccc5c5ccc[n+]1c5c24)O3. The molecule has 168 valence electrons. The van der Waals surface area contributed by atoms with Crippen LogP contribution in [-0.2, 0) is 5.66 Å². The molecule has 3 aliphatic rings. The predicted molar refractivity (Wildman–Crippen MR) is 148 cm³/mol. The highest BCUT2D eigenvalue weighted by atomic mass is 32.1. The van der Waals surface area contributed by atoms with Crippen molar-refractivity contribution < 1.29 is 13.9 Å². The first-order chi connectivity index (χ1) is 18.4. The smallest absolute Gasteiger partial charge is 0.425 e. The minimum absolute atomic E-state index is 0.521. The van der Waals surface area contributed by atoms with Crippen LogP contribution in [0.15, 0.2) is 96.6 Å². The summed E-state index contributed by atoms with van der Waals surface area (Å²) < 4.78 is 13.2. The van der Waals surface area contributed by atoms with Gasteiger partial charge in [0, 0.05) is 27.6 Å². The maximum atomic E-state index is 6.79. The fourth-order valence-corrected chi connectivity index (χ4v) is 8.90. The molecule has 0 amide bonds. The predicted octanol–water partition coefficient (Wildman–Crippen LogP) is 7.27. The molecule has 11 rings (SSSR count). The Labute approximate surface area is 214 Å². The summed E-state index contributed by atoms with van der Waals surface area (Å²) in [6.45, 7) is 0. The maximum Gasteiger partial charge on any atom is 0.425 e. The number of ether oxygens (including phenoxy) is 1. The second-order valence-electron chi connectivity index (χ2n) is 10.5. The molecule has 1 unspecified atom stereocenters. The lowest BCUT2D eigenvalue weighted by Gasteiger charge is -2.26. The number of nitrogens with zero attached hydrogens (tertiary/aromatic N) is 2. The lowest BCUT2D eigenvalue weighted by molar-refractivity contribution is -0.945. The van der Waals surface area contributed by atoms with Crippen molar-refractivity contribution in [2.45, 2.75) is 5.66 Å². The van der Waals surface area contributed by atoms with Gasteiger partial charge in [-0.15, -0.1) is 20.5 Å². The van der Waals surface area contributed by atoms with E-state index in [0.717, 1.165) is 11.5 Å². The van der Waals surface area contributed by atoms with Crippen LogP contribution in [0.3, 0.4) is 0 Å². The van der Waals surface area contributed by atoms with E-state index in [9.17, 15) is 0 Å². The van der Waals surface area contributed by atoms with Crippen LogP contribution < -0.4 is 13.9 Å². The molecule has 37 heavy (non-hydrogen) atoms. The van der Waals surface area contributed by atoms with E-state index >= 15 is 0 Å². The Morgan fingerprint density at radius 2 is 1.14 bits per heavy atom. The lowest BCUT2D eigenvalue weighted by Crippen LogP contribution is -2.72. The van der Waals surface area contributed by atoms with E-state index < -0.39 is 5.66 Å². The highest BCUT2D eigenvalue weighted by Gasteiger charge is 2.69. The zero-order valence-corrected chi connectivity index (χ0v) is 20.3. The van der Waals surface area contributed by atoms with E-state index in [-0.39, 0.29) is 0 Å². The van der Waals surface area contributed by atoms with Gasteiger partial charge in [-0.1, -0.05) is 24.3 Å². The standard InChI is InChI=1S/C33H16N2OS/c1-2-6-18-17(5-1)19-9-11-24-28-26(19)30-20(18)7-3-14-34(30)33(28)29-25(36-24)12-10-23-27(29)31-21(8-4-15-35(31)33)22-13-16-37-32(22)23/h1-16H/q+2. The summed E-state index contributed by atoms with van der Waals surface area (Å²) in [6.07, 6.45) is 4.57. The van der Waals surface area contributed by atoms with Crippen LogP contribution in [0.1, 0.15) is 11.1 Å². The van der Waals surface area contributed by atoms with Gasteiger partial charge in [-0.25, -0.2) is 0 Å².